The summed E-state index contributed by atoms with van der Waals surface area (Å²) < 4.78 is 0. The molecule has 172 valence electrons. The van der Waals surface area contributed by atoms with Crippen LogP contribution in [0, 0.1) is 28.6 Å². The number of rotatable bonds is 7. The van der Waals surface area contributed by atoms with E-state index in [9.17, 15) is 0 Å². The lowest BCUT2D eigenvalue weighted by atomic mass is 9.67. The van der Waals surface area contributed by atoms with Gasteiger partial charge in [0, 0.05) is 11.6 Å². The van der Waals surface area contributed by atoms with Crippen molar-refractivity contribution in [2.24, 2.45) is 28.6 Å². The summed E-state index contributed by atoms with van der Waals surface area (Å²) in [6.45, 7) is 29.8. The van der Waals surface area contributed by atoms with Crippen LogP contribution in [0.5, 0.6) is 0 Å². The predicted octanol–water partition coefficient (Wildman–Crippen LogP) is 7.09. The van der Waals surface area contributed by atoms with Crippen LogP contribution in [0.2, 0.25) is 0 Å². The monoisotopic (exact) mass is 406 g/mol. The van der Waals surface area contributed by atoms with Gasteiger partial charge in [0.2, 0.25) is 0 Å². The van der Waals surface area contributed by atoms with Gasteiger partial charge < -0.3 is 4.90 Å². The summed E-state index contributed by atoms with van der Waals surface area (Å²) in [5.41, 5.74) is 1.21. The van der Waals surface area contributed by atoms with Crippen LogP contribution in [0.3, 0.4) is 0 Å². The summed E-state index contributed by atoms with van der Waals surface area (Å²) in [5, 5.41) is 0. The Balaban J connectivity index is 1.88. The predicted molar refractivity (Wildman–Crippen MR) is 129 cm³/mol. The average Bonchev–Trinajstić information content (AvgIpc) is 2.60. The van der Waals surface area contributed by atoms with Gasteiger partial charge in [0.05, 0.1) is 0 Å². The fraction of sp³-hybridized carbons (Fsp3) is 1.00. The van der Waals surface area contributed by atoms with Gasteiger partial charge in [-0.1, -0.05) is 48.5 Å². The molecule has 29 heavy (non-hydrogen) atoms. The zero-order valence-corrected chi connectivity index (χ0v) is 21.8. The SMILES string of the molecule is CC(C)CC(C)N1CCC(C(C)(C)CC(C)(C)N2CCC(C(C)(C)C)CC2)CC1. The first-order valence-electron chi connectivity index (χ1n) is 12.7. The quantitative estimate of drug-likeness (QED) is 0.445. The van der Waals surface area contributed by atoms with Crippen molar-refractivity contribution in [2.75, 3.05) is 26.2 Å². The van der Waals surface area contributed by atoms with Crippen molar-refractivity contribution in [3.63, 3.8) is 0 Å². The normalized spacial score (nSPS) is 23.7. The van der Waals surface area contributed by atoms with Crippen molar-refractivity contribution in [1.82, 2.24) is 9.80 Å². The second kappa shape index (κ2) is 9.60. The number of piperidine rings is 2. The Hall–Kier alpha value is -0.0800. The molecule has 0 spiro atoms. The van der Waals surface area contributed by atoms with E-state index in [0.717, 1.165) is 23.8 Å². The molecular formula is C27H54N2. The van der Waals surface area contributed by atoms with E-state index in [1.54, 1.807) is 0 Å². The molecule has 2 rings (SSSR count). The van der Waals surface area contributed by atoms with Gasteiger partial charge in [-0.15, -0.1) is 0 Å². The third-order valence-corrected chi connectivity index (χ3v) is 8.53. The molecule has 0 radical (unpaired) electrons. The minimum Gasteiger partial charge on any atom is -0.301 e. The Labute approximate surface area is 184 Å². The second-order valence-electron chi connectivity index (χ2n) is 13.4. The molecule has 2 fully saturated rings. The maximum Gasteiger partial charge on any atom is 0.0158 e. The van der Waals surface area contributed by atoms with E-state index < -0.39 is 0 Å². The summed E-state index contributed by atoms with van der Waals surface area (Å²) in [5.74, 6) is 2.57. The molecule has 0 N–H and O–H groups in total. The van der Waals surface area contributed by atoms with Crippen LogP contribution in [0.15, 0.2) is 0 Å². The summed E-state index contributed by atoms with van der Waals surface area (Å²) in [7, 11) is 0. The van der Waals surface area contributed by atoms with Gasteiger partial charge >= 0.3 is 0 Å². The van der Waals surface area contributed by atoms with Gasteiger partial charge in [-0.3, -0.25) is 4.90 Å². The van der Waals surface area contributed by atoms with Crippen LogP contribution in [0.4, 0.5) is 0 Å². The Morgan fingerprint density at radius 1 is 0.724 bits per heavy atom. The Bertz CT molecular complexity index is 483. The van der Waals surface area contributed by atoms with Crippen LogP contribution in [0.1, 0.15) is 108 Å². The molecule has 0 saturated carbocycles. The van der Waals surface area contributed by atoms with Gasteiger partial charge in [0.15, 0.2) is 0 Å². The van der Waals surface area contributed by atoms with Crippen LogP contribution in [-0.4, -0.2) is 47.6 Å². The minimum absolute atomic E-state index is 0.314. The zero-order chi connectivity index (χ0) is 22.0. The van der Waals surface area contributed by atoms with Crippen molar-refractivity contribution in [3.8, 4) is 0 Å². The van der Waals surface area contributed by atoms with Crippen LogP contribution in [0.25, 0.3) is 0 Å². The molecule has 2 nitrogen and oxygen atoms in total. The Morgan fingerprint density at radius 3 is 1.66 bits per heavy atom. The number of nitrogens with zero attached hydrogens (tertiary/aromatic N) is 2. The Kier molecular flexibility index (Phi) is 8.33. The number of hydrogen-bond acceptors (Lipinski definition) is 2. The van der Waals surface area contributed by atoms with Crippen molar-refractivity contribution in [3.05, 3.63) is 0 Å². The van der Waals surface area contributed by atoms with E-state index in [-0.39, 0.29) is 0 Å². The lowest BCUT2D eigenvalue weighted by Crippen LogP contribution is -2.52. The lowest BCUT2D eigenvalue weighted by molar-refractivity contribution is -0.00625. The Morgan fingerprint density at radius 2 is 1.21 bits per heavy atom. The van der Waals surface area contributed by atoms with Crippen molar-refractivity contribution < 1.29 is 0 Å². The first-order chi connectivity index (χ1) is 13.2. The van der Waals surface area contributed by atoms with Gasteiger partial charge in [0.25, 0.3) is 0 Å². The van der Waals surface area contributed by atoms with Crippen molar-refractivity contribution >= 4 is 0 Å². The molecule has 0 aromatic rings. The van der Waals surface area contributed by atoms with E-state index in [2.05, 4.69) is 79.0 Å². The van der Waals surface area contributed by atoms with Crippen LogP contribution >= 0.6 is 0 Å². The summed E-state index contributed by atoms with van der Waals surface area (Å²) in [6.07, 6.45) is 8.19. The van der Waals surface area contributed by atoms with Crippen LogP contribution < -0.4 is 0 Å². The molecule has 1 unspecified atom stereocenters. The molecule has 2 saturated heterocycles. The van der Waals surface area contributed by atoms with Gasteiger partial charge in [0.1, 0.15) is 0 Å². The van der Waals surface area contributed by atoms with Crippen molar-refractivity contribution in [1.29, 1.82) is 0 Å². The third kappa shape index (κ3) is 6.96. The number of hydrogen-bond donors (Lipinski definition) is 0. The van der Waals surface area contributed by atoms with Crippen molar-refractivity contribution in [2.45, 2.75) is 119 Å². The number of likely N-dealkylation sites (tertiary alicyclic amines) is 2. The molecule has 2 heterocycles. The van der Waals surface area contributed by atoms with Crippen LogP contribution in [-0.2, 0) is 0 Å². The third-order valence-electron chi connectivity index (χ3n) is 8.53. The summed E-state index contributed by atoms with van der Waals surface area (Å²) in [4.78, 5) is 5.58. The molecule has 2 heteroatoms. The maximum atomic E-state index is 2.82. The largest absolute Gasteiger partial charge is 0.301 e. The van der Waals surface area contributed by atoms with E-state index in [4.69, 9.17) is 0 Å². The highest BCUT2D eigenvalue weighted by Crippen LogP contribution is 2.44. The molecule has 1 atom stereocenters. The first kappa shape index (κ1) is 25.2. The van der Waals surface area contributed by atoms with E-state index in [0.29, 0.717) is 16.4 Å². The molecule has 0 aromatic carbocycles. The first-order valence-corrected chi connectivity index (χ1v) is 12.7. The topological polar surface area (TPSA) is 6.48 Å². The molecular weight excluding hydrogens is 352 g/mol. The summed E-state index contributed by atoms with van der Waals surface area (Å²) >= 11 is 0. The highest BCUT2D eigenvalue weighted by atomic mass is 15.2. The van der Waals surface area contributed by atoms with E-state index in [1.807, 2.05) is 0 Å². The molecule has 2 aliphatic heterocycles. The highest BCUT2D eigenvalue weighted by molar-refractivity contribution is 4.95. The fourth-order valence-electron chi connectivity index (χ4n) is 6.67. The fourth-order valence-corrected chi connectivity index (χ4v) is 6.67. The molecule has 0 amide bonds. The van der Waals surface area contributed by atoms with Gasteiger partial charge in [-0.25, -0.2) is 0 Å². The van der Waals surface area contributed by atoms with Gasteiger partial charge in [-0.2, -0.15) is 0 Å². The lowest BCUT2D eigenvalue weighted by Gasteiger charge is -2.51. The molecule has 0 aromatic heterocycles. The molecule has 0 aliphatic carbocycles. The minimum atomic E-state index is 0.314. The van der Waals surface area contributed by atoms with Gasteiger partial charge in [-0.05, 0) is 114 Å². The summed E-state index contributed by atoms with van der Waals surface area (Å²) in [6, 6.07) is 0.750. The van der Waals surface area contributed by atoms with E-state index in [1.165, 1.54) is 64.7 Å². The standard InChI is InChI=1S/C27H54N2/c1-21(2)19-22(3)28-15-11-24(12-16-28)26(7,8)20-27(9,10)29-17-13-23(14-18-29)25(4,5)6/h21-24H,11-20H2,1-10H3. The average molecular weight is 407 g/mol. The smallest absolute Gasteiger partial charge is 0.0158 e. The van der Waals surface area contributed by atoms with E-state index >= 15 is 0 Å². The highest BCUT2D eigenvalue weighted by Gasteiger charge is 2.41. The molecule has 0 bridgehead atoms. The molecule has 2 aliphatic rings. The zero-order valence-electron chi connectivity index (χ0n) is 21.8. The second-order valence-corrected chi connectivity index (χ2v) is 13.4. The maximum absolute atomic E-state index is 2.82.